The minimum Gasteiger partial charge on any atom is -0.444 e. The number of nitrogens with one attached hydrogen (secondary N) is 1. The molecule has 0 saturated heterocycles. The molecule has 2 aromatic rings. The molecule has 1 aliphatic rings. The van der Waals surface area contributed by atoms with E-state index in [1.807, 2.05) is 33.8 Å². The van der Waals surface area contributed by atoms with Gasteiger partial charge in [-0.3, -0.25) is 0 Å². The highest BCUT2D eigenvalue weighted by molar-refractivity contribution is 5.68. The van der Waals surface area contributed by atoms with Gasteiger partial charge in [-0.15, -0.1) is 4.91 Å². The predicted octanol–water partition coefficient (Wildman–Crippen LogP) is 4.22. The third kappa shape index (κ3) is 4.58. The summed E-state index contributed by atoms with van der Waals surface area (Å²) in [4.78, 5) is 33.6. The van der Waals surface area contributed by atoms with Crippen molar-refractivity contribution >= 4 is 23.4 Å². The van der Waals surface area contributed by atoms with E-state index in [0.29, 0.717) is 31.1 Å². The van der Waals surface area contributed by atoms with Gasteiger partial charge in [-0.2, -0.15) is 0 Å². The molecule has 8 nitrogen and oxygen atoms in total. The summed E-state index contributed by atoms with van der Waals surface area (Å²) in [6.45, 7) is 8.32. The van der Waals surface area contributed by atoms with Gasteiger partial charge in [-0.1, -0.05) is 0 Å². The maximum absolute atomic E-state index is 12.3. The smallest absolute Gasteiger partial charge is 0.410 e. The number of benzene rings is 1. The van der Waals surface area contributed by atoms with Gasteiger partial charge in [-0.05, 0) is 68.6 Å². The fourth-order valence-corrected chi connectivity index (χ4v) is 2.81. The number of rotatable bonds is 3. The van der Waals surface area contributed by atoms with Gasteiger partial charge in [0.05, 0.1) is 12.2 Å². The monoisotopic (exact) mass is 369 g/mol. The number of carbonyl (C=O) groups excluding carboxylic acids is 1. The molecule has 0 aliphatic carbocycles. The SMILES string of the molecule is Cc1cc(Nc2ncc3c(n2)CN(C(=O)OC(C)(C)C)CC3)ccc1N=O. The van der Waals surface area contributed by atoms with Gasteiger partial charge in [0.2, 0.25) is 5.95 Å². The van der Waals surface area contributed by atoms with E-state index >= 15 is 0 Å². The molecule has 27 heavy (non-hydrogen) atoms. The number of amides is 1. The fourth-order valence-electron chi connectivity index (χ4n) is 2.81. The first-order valence-electron chi connectivity index (χ1n) is 8.79. The Morgan fingerprint density at radius 1 is 1.33 bits per heavy atom. The van der Waals surface area contributed by atoms with Crippen LogP contribution in [0.5, 0.6) is 0 Å². The Balaban J connectivity index is 1.75. The normalized spacial score (nSPS) is 13.7. The fraction of sp³-hybridized carbons (Fsp3) is 0.421. The standard InChI is InChI=1S/C19H23N5O3/c1-12-9-14(5-6-15(12)23-26)21-17-20-10-13-7-8-24(11-16(13)22-17)18(25)27-19(2,3)4/h5-6,9-10H,7-8,11H2,1-4H3,(H,20,21,22). The number of aryl methyl sites for hydroxylation is 1. The van der Waals surface area contributed by atoms with Gasteiger partial charge in [0.1, 0.15) is 11.3 Å². The quantitative estimate of drug-likeness (QED) is 0.814. The lowest BCUT2D eigenvalue weighted by Crippen LogP contribution is -2.40. The zero-order chi connectivity index (χ0) is 19.6. The Hall–Kier alpha value is -3.03. The summed E-state index contributed by atoms with van der Waals surface area (Å²) in [6.07, 6.45) is 2.13. The van der Waals surface area contributed by atoms with E-state index in [4.69, 9.17) is 4.74 Å². The highest BCUT2D eigenvalue weighted by atomic mass is 16.6. The van der Waals surface area contributed by atoms with E-state index in [0.717, 1.165) is 22.5 Å². The van der Waals surface area contributed by atoms with Crippen molar-refractivity contribution in [2.24, 2.45) is 5.18 Å². The maximum atomic E-state index is 12.3. The lowest BCUT2D eigenvalue weighted by atomic mass is 10.1. The molecule has 1 amide bonds. The van der Waals surface area contributed by atoms with Crippen LogP contribution in [0, 0.1) is 11.8 Å². The van der Waals surface area contributed by atoms with E-state index in [1.54, 1.807) is 23.2 Å². The molecule has 0 unspecified atom stereocenters. The first-order chi connectivity index (χ1) is 12.7. The molecule has 1 aromatic heterocycles. The minimum atomic E-state index is -0.532. The summed E-state index contributed by atoms with van der Waals surface area (Å²) in [5.74, 6) is 0.436. The van der Waals surface area contributed by atoms with E-state index in [2.05, 4.69) is 20.5 Å². The largest absolute Gasteiger partial charge is 0.444 e. The van der Waals surface area contributed by atoms with E-state index in [-0.39, 0.29) is 6.09 Å². The number of hydrogen-bond donors (Lipinski definition) is 1. The van der Waals surface area contributed by atoms with Crippen molar-refractivity contribution in [3.05, 3.63) is 46.1 Å². The van der Waals surface area contributed by atoms with Crippen molar-refractivity contribution in [3.63, 3.8) is 0 Å². The molecule has 0 fully saturated rings. The van der Waals surface area contributed by atoms with Crippen LogP contribution in [0.15, 0.2) is 29.6 Å². The van der Waals surface area contributed by atoms with E-state index in [9.17, 15) is 9.70 Å². The number of hydrogen-bond acceptors (Lipinski definition) is 7. The highest BCUT2D eigenvalue weighted by Gasteiger charge is 2.26. The molecule has 1 aliphatic heterocycles. The molecule has 0 atom stereocenters. The Morgan fingerprint density at radius 3 is 2.78 bits per heavy atom. The molecular weight excluding hydrogens is 346 g/mol. The maximum Gasteiger partial charge on any atom is 0.410 e. The number of fused-ring (bicyclic) bond motifs is 1. The zero-order valence-electron chi connectivity index (χ0n) is 15.9. The first-order valence-corrected chi connectivity index (χ1v) is 8.79. The Morgan fingerprint density at radius 2 is 2.11 bits per heavy atom. The third-order valence-corrected chi connectivity index (χ3v) is 4.15. The van der Waals surface area contributed by atoms with Gasteiger partial charge >= 0.3 is 6.09 Å². The molecule has 0 radical (unpaired) electrons. The molecule has 1 N–H and O–H groups in total. The van der Waals surface area contributed by atoms with Gasteiger partial charge in [0, 0.05) is 18.4 Å². The van der Waals surface area contributed by atoms with E-state index < -0.39 is 5.60 Å². The molecular formula is C19H23N5O3. The summed E-state index contributed by atoms with van der Waals surface area (Å²) in [6, 6.07) is 5.21. The van der Waals surface area contributed by atoms with Crippen LogP contribution in [0.4, 0.5) is 22.1 Å². The molecule has 0 bridgehead atoms. The molecule has 1 aromatic carbocycles. The number of anilines is 2. The molecule has 2 heterocycles. The Labute approximate surface area is 157 Å². The molecule has 0 spiro atoms. The topological polar surface area (TPSA) is 96.8 Å². The minimum absolute atomic E-state index is 0.339. The lowest BCUT2D eigenvalue weighted by Gasteiger charge is -2.30. The van der Waals surface area contributed by atoms with Gasteiger partial charge in [0.15, 0.2) is 0 Å². The summed E-state index contributed by atoms with van der Waals surface area (Å²) in [7, 11) is 0. The zero-order valence-corrected chi connectivity index (χ0v) is 15.9. The number of ether oxygens (including phenoxy) is 1. The van der Waals surface area contributed by atoms with Crippen LogP contribution in [0.25, 0.3) is 0 Å². The lowest BCUT2D eigenvalue weighted by molar-refractivity contribution is 0.0220. The average molecular weight is 369 g/mol. The Kier molecular flexibility index (Phi) is 5.07. The molecule has 142 valence electrons. The van der Waals surface area contributed by atoms with Crippen LogP contribution in [0.2, 0.25) is 0 Å². The van der Waals surface area contributed by atoms with Gasteiger partial charge in [-0.25, -0.2) is 14.8 Å². The van der Waals surface area contributed by atoms with Crippen LogP contribution in [-0.4, -0.2) is 33.1 Å². The number of nitrogens with zero attached hydrogens (tertiary/aromatic N) is 4. The van der Waals surface area contributed by atoms with Crippen molar-refractivity contribution in [1.29, 1.82) is 0 Å². The second kappa shape index (κ2) is 7.30. The van der Waals surface area contributed by atoms with Crippen LogP contribution in [-0.2, 0) is 17.7 Å². The second-order valence-electron chi connectivity index (χ2n) is 7.53. The number of nitroso groups, excluding NO2 is 1. The van der Waals surface area contributed by atoms with E-state index in [1.165, 1.54) is 0 Å². The van der Waals surface area contributed by atoms with Gasteiger partial charge < -0.3 is 15.0 Å². The summed E-state index contributed by atoms with van der Waals surface area (Å²) >= 11 is 0. The molecule has 3 rings (SSSR count). The van der Waals surface area contributed by atoms with Crippen LogP contribution >= 0.6 is 0 Å². The average Bonchev–Trinajstić information content (AvgIpc) is 2.60. The number of aromatic nitrogens is 2. The Bertz CT molecular complexity index is 876. The third-order valence-electron chi connectivity index (χ3n) is 4.15. The van der Waals surface area contributed by atoms with Crippen LogP contribution < -0.4 is 5.32 Å². The van der Waals surface area contributed by atoms with Crippen molar-refractivity contribution in [2.75, 3.05) is 11.9 Å². The van der Waals surface area contributed by atoms with Crippen LogP contribution in [0.1, 0.15) is 37.6 Å². The van der Waals surface area contributed by atoms with Crippen molar-refractivity contribution in [2.45, 2.75) is 46.3 Å². The van der Waals surface area contributed by atoms with Crippen molar-refractivity contribution < 1.29 is 9.53 Å². The summed E-state index contributed by atoms with van der Waals surface area (Å²) in [5.41, 5.74) is 3.23. The molecule has 8 heteroatoms. The first kappa shape index (κ1) is 18.8. The van der Waals surface area contributed by atoms with Gasteiger partial charge in [0.25, 0.3) is 0 Å². The van der Waals surface area contributed by atoms with Crippen molar-refractivity contribution in [1.82, 2.24) is 14.9 Å². The predicted molar refractivity (Wildman–Crippen MR) is 102 cm³/mol. The summed E-state index contributed by atoms with van der Waals surface area (Å²) in [5, 5.41) is 6.10. The van der Waals surface area contributed by atoms with Crippen molar-refractivity contribution in [3.8, 4) is 0 Å². The number of carbonyl (C=O) groups is 1. The highest BCUT2D eigenvalue weighted by Crippen LogP contribution is 2.25. The van der Waals surface area contributed by atoms with Crippen LogP contribution in [0.3, 0.4) is 0 Å². The second-order valence-corrected chi connectivity index (χ2v) is 7.53. The summed E-state index contributed by atoms with van der Waals surface area (Å²) < 4.78 is 5.45. The molecule has 0 saturated carbocycles.